The van der Waals surface area contributed by atoms with E-state index in [0.29, 0.717) is 0 Å². The van der Waals surface area contributed by atoms with Crippen LogP contribution in [0.2, 0.25) is 5.02 Å². The van der Waals surface area contributed by atoms with Gasteiger partial charge >= 0.3 is 5.97 Å². The fourth-order valence-corrected chi connectivity index (χ4v) is 2.98. The van der Waals surface area contributed by atoms with Crippen molar-refractivity contribution in [3.8, 4) is 5.75 Å². The summed E-state index contributed by atoms with van der Waals surface area (Å²) in [6, 6.07) is 4.23. The van der Waals surface area contributed by atoms with E-state index in [2.05, 4.69) is 0 Å². The molecule has 0 aliphatic carbocycles. The summed E-state index contributed by atoms with van der Waals surface area (Å²) >= 11 is 5.78. The zero-order valence-corrected chi connectivity index (χ0v) is 12.0. The fourth-order valence-electron chi connectivity index (χ4n) is 1.39. The van der Waals surface area contributed by atoms with Gasteiger partial charge in [-0.25, -0.2) is 12.7 Å². The van der Waals surface area contributed by atoms with E-state index in [1.54, 1.807) is 0 Å². The predicted octanol–water partition coefficient (Wildman–Crippen LogP) is 1.44. The lowest BCUT2D eigenvalue weighted by Gasteiger charge is -2.18. The van der Waals surface area contributed by atoms with Crippen molar-refractivity contribution >= 4 is 27.6 Å². The number of nitrogens with zero attached hydrogens (tertiary/aromatic N) is 1. The summed E-state index contributed by atoms with van der Waals surface area (Å²) in [6.07, 6.45) is -0.279. The standard InChI is InChI=1S/C11H14ClNO5S/c1-13(6-5-11(14)15)19(16,17)10-7-8(12)3-4-9(10)18-2/h3-4,7H,5-6H2,1-2H3,(H,14,15). The third kappa shape index (κ3) is 3.82. The molecule has 6 nitrogen and oxygen atoms in total. The van der Waals surface area contributed by atoms with E-state index in [0.717, 1.165) is 4.31 Å². The molecule has 8 heteroatoms. The number of carboxylic acids is 1. The molecule has 1 N–H and O–H groups in total. The number of sulfonamides is 1. The SMILES string of the molecule is COc1ccc(Cl)cc1S(=O)(=O)N(C)CCC(=O)O. The number of carbonyl (C=O) groups is 1. The Morgan fingerprint density at radius 1 is 1.47 bits per heavy atom. The lowest BCUT2D eigenvalue weighted by molar-refractivity contribution is -0.137. The Morgan fingerprint density at radius 3 is 2.63 bits per heavy atom. The molecule has 0 bridgehead atoms. The second kappa shape index (κ2) is 6.23. The van der Waals surface area contributed by atoms with Gasteiger partial charge in [0.1, 0.15) is 10.6 Å². The molecule has 1 rings (SSSR count). The Labute approximate surface area is 116 Å². The van der Waals surface area contributed by atoms with Crippen LogP contribution in [0.5, 0.6) is 5.75 Å². The molecule has 0 spiro atoms. The normalized spacial score (nSPS) is 11.6. The topological polar surface area (TPSA) is 83.9 Å². The molecule has 106 valence electrons. The maximum atomic E-state index is 12.3. The van der Waals surface area contributed by atoms with Crippen LogP contribution >= 0.6 is 11.6 Å². The number of rotatable bonds is 6. The molecule has 0 aliphatic rings. The van der Waals surface area contributed by atoms with Crippen LogP contribution in [0.15, 0.2) is 23.1 Å². The first-order chi connectivity index (χ1) is 8.78. The van der Waals surface area contributed by atoms with Crippen molar-refractivity contribution in [3.05, 3.63) is 23.2 Å². The molecular weight excluding hydrogens is 294 g/mol. The van der Waals surface area contributed by atoms with Gasteiger partial charge in [-0.05, 0) is 18.2 Å². The van der Waals surface area contributed by atoms with E-state index in [1.165, 1.54) is 32.4 Å². The first kappa shape index (κ1) is 15.7. The van der Waals surface area contributed by atoms with E-state index >= 15 is 0 Å². The van der Waals surface area contributed by atoms with E-state index in [4.69, 9.17) is 21.4 Å². The van der Waals surface area contributed by atoms with E-state index in [1.807, 2.05) is 0 Å². The Bertz CT molecular complexity index is 572. The zero-order valence-electron chi connectivity index (χ0n) is 10.5. The molecule has 0 saturated carbocycles. The van der Waals surface area contributed by atoms with Crippen LogP contribution in [0, 0.1) is 0 Å². The number of aliphatic carboxylic acids is 1. The van der Waals surface area contributed by atoms with Crippen molar-refractivity contribution in [1.29, 1.82) is 0 Å². The maximum Gasteiger partial charge on any atom is 0.304 e. The number of benzene rings is 1. The Balaban J connectivity index is 3.12. The molecule has 0 atom stereocenters. The van der Waals surface area contributed by atoms with Gasteiger partial charge in [-0.2, -0.15) is 0 Å². The molecule has 0 fully saturated rings. The summed E-state index contributed by atoms with van der Waals surface area (Å²) in [7, 11) is -1.19. The minimum absolute atomic E-state index is 0.0876. The van der Waals surface area contributed by atoms with Crippen LogP contribution in [0.1, 0.15) is 6.42 Å². The van der Waals surface area contributed by atoms with Crippen LogP contribution < -0.4 is 4.74 Å². The molecule has 0 saturated heterocycles. The molecule has 0 unspecified atom stereocenters. The minimum Gasteiger partial charge on any atom is -0.495 e. The van der Waals surface area contributed by atoms with E-state index < -0.39 is 16.0 Å². The van der Waals surface area contributed by atoms with Crippen LogP contribution in [0.25, 0.3) is 0 Å². The van der Waals surface area contributed by atoms with Gasteiger partial charge < -0.3 is 9.84 Å². The second-order valence-electron chi connectivity index (χ2n) is 3.77. The lowest BCUT2D eigenvalue weighted by atomic mass is 10.3. The van der Waals surface area contributed by atoms with E-state index in [9.17, 15) is 13.2 Å². The number of halogens is 1. The third-order valence-electron chi connectivity index (χ3n) is 2.45. The Hall–Kier alpha value is -1.31. The highest BCUT2D eigenvalue weighted by Gasteiger charge is 2.25. The molecule has 0 radical (unpaired) electrons. The summed E-state index contributed by atoms with van der Waals surface area (Å²) < 4.78 is 30.5. The molecule has 1 aromatic carbocycles. The quantitative estimate of drug-likeness (QED) is 0.860. The van der Waals surface area contributed by atoms with Gasteiger partial charge in [0.05, 0.1) is 13.5 Å². The summed E-state index contributed by atoms with van der Waals surface area (Å²) in [6.45, 7) is -0.132. The first-order valence-corrected chi connectivity index (χ1v) is 7.12. The summed E-state index contributed by atoms with van der Waals surface area (Å²) in [5.74, 6) is -0.910. The van der Waals surface area contributed by atoms with Crippen molar-refractivity contribution < 1.29 is 23.1 Å². The number of carboxylic acid groups (broad SMARTS) is 1. The van der Waals surface area contributed by atoms with Crippen molar-refractivity contribution in [2.24, 2.45) is 0 Å². The van der Waals surface area contributed by atoms with Crippen LogP contribution in [-0.2, 0) is 14.8 Å². The molecule has 0 aliphatic heterocycles. The molecule has 0 aromatic heterocycles. The van der Waals surface area contributed by atoms with Gasteiger partial charge in [-0.1, -0.05) is 11.6 Å². The predicted molar refractivity (Wildman–Crippen MR) is 70.1 cm³/mol. The van der Waals surface area contributed by atoms with Gasteiger partial charge in [-0.15, -0.1) is 0 Å². The van der Waals surface area contributed by atoms with Crippen molar-refractivity contribution in [1.82, 2.24) is 4.31 Å². The van der Waals surface area contributed by atoms with Gasteiger partial charge in [0.2, 0.25) is 10.0 Å². The highest BCUT2D eigenvalue weighted by Crippen LogP contribution is 2.29. The Kier molecular flexibility index (Phi) is 5.16. The van der Waals surface area contributed by atoms with Gasteiger partial charge in [0, 0.05) is 18.6 Å². The Morgan fingerprint density at radius 2 is 2.11 bits per heavy atom. The summed E-state index contributed by atoms with van der Waals surface area (Å²) in [4.78, 5) is 10.4. The van der Waals surface area contributed by atoms with Crippen LogP contribution in [0.3, 0.4) is 0 Å². The fraction of sp³-hybridized carbons (Fsp3) is 0.364. The highest BCUT2D eigenvalue weighted by atomic mass is 35.5. The van der Waals surface area contributed by atoms with Crippen LogP contribution in [-0.4, -0.2) is 44.5 Å². The monoisotopic (exact) mass is 307 g/mol. The molecule has 1 aromatic rings. The van der Waals surface area contributed by atoms with Crippen molar-refractivity contribution in [2.45, 2.75) is 11.3 Å². The average molecular weight is 308 g/mol. The highest BCUT2D eigenvalue weighted by molar-refractivity contribution is 7.89. The van der Waals surface area contributed by atoms with Gasteiger partial charge in [0.25, 0.3) is 0 Å². The first-order valence-electron chi connectivity index (χ1n) is 5.30. The summed E-state index contributed by atoms with van der Waals surface area (Å²) in [5.41, 5.74) is 0. The summed E-state index contributed by atoms with van der Waals surface area (Å²) in [5, 5.41) is 8.83. The smallest absolute Gasteiger partial charge is 0.304 e. The van der Waals surface area contributed by atoms with E-state index in [-0.39, 0.29) is 28.6 Å². The number of ether oxygens (including phenoxy) is 1. The molecule has 0 heterocycles. The van der Waals surface area contributed by atoms with Gasteiger partial charge in [0.15, 0.2) is 0 Å². The zero-order chi connectivity index (χ0) is 14.6. The van der Waals surface area contributed by atoms with Crippen molar-refractivity contribution in [2.75, 3.05) is 20.7 Å². The van der Waals surface area contributed by atoms with Gasteiger partial charge in [-0.3, -0.25) is 4.79 Å². The number of hydrogen-bond donors (Lipinski definition) is 1. The third-order valence-corrected chi connectivity index (χ3v) is 4.57. The van der Waals surface area contributed by atoms with Crippen LogP contribution in [0.4, 0.5) is 0 Å². The second-order valence-corrected chi connectivity index (χ2v) is 6.22. The van der Waals surface area contributed by atoms with Crippen molar-refractivity contribution in [3.63, 3.8) is 0 Å². The lowest BCUT2D eigenvalue weighted by Crippen LogP contribution is -2.29. The maximum absolute atomic E-state index is 12.3. The average Bonchev–Trinajstić information content (AvgIpc) is 2.35. The molecular formula is C11H14ClNO5S. The minimum atomic E-state index is -3.84. The number of hydrogen-bond acceptors (Lipinski definition) is 4. The molecule has 0 amide bonds. The molecule has 19 heavy (non-hydrogen) atoms. The number of methoxy groups -OCH3 is 1. The largest absolute Gasteiger partial charge is 0.495 e.